The molecule has 2 aromatic carbocycles. The molecule has 0 aliphatic carbocycles. The van der Waals surface area contributed by atoms with Crippen molar-refractivity contribution in [2.75, 3.05) is 0 Å². The largest absolute Gasteiger partial charge is 0.494 e. The molecule has 0 fully saturated rings. The van der Waals surface area contributed by atoms with Crippen LogP contribution < -0.4 is 11.2 Å². The quantitative estimate of drug-likeness (QED) is 0.417. The first kappa shape index (κ1) is 21.3. The number of hydrogen-bond acceptors (Lipinski definition) is 5. The summed E-state index contributed by atoms with van der Waals surface area (Å²) in [6.07, 6.45) is 3.34. The van der Waals surface area contributed by atoms with E-state index in [2.05, 4.69) is 15.0 Å². The lowest BCUT2D eigenvalue weighted by Gasteiger charge is -2.14. The first-order valence-electron chi connectivity index (χ1n) is 10.7. The van der Waals surface area contributed by atoms with E-state index in [0.29, 0.717) is 25.3 Å². The highest BCUT2D eigenvalue weighted by atomic mass is 16.3. The predicted molar refractivity (Wildman–Crippen MR) is 125 cm³/mol. The molecule has 4 aromatic rings. The van der Waals surface area contributed by atoms with Crippen molar-refractivity contribution < 1.29 is 5.11 Å². The number of para-hydroxylation sites is 2. The third-order valence-electron chi connectivity index (χ3n) is 5.33. The Labute approximate surface area is 184 Å². The number of imidazole rings is 1. The van der Waals surface area contributed by atoms with Gasteiger partial charge >= 0.3 is 5.69 Å². The number of aromatic nitrogens is 4. The molecule has 0 bridgehead atoms. The van der Waals surface area contributed by atoms with Crippen LogP contribution in [0.3, 0.4) is 0 Å². The molecule has 0 saturated carbocycles. The van der Waals surface area contributed by atoms with Gasteiger partial charge in [-0.1, -0.05) is 55.8 Å². The number of nitrogens with zero attached hydrogens (tertiary/aromatic N) is 4. The van der Waals surface area contributed by atoms with Gasteiger partial charge in [0.15, 0.2) is 0 Å². The zero-order chi connectivity index (χ0) is 22.5. The average molecular weight is 431 g/mol. The molecule has 0 unspecified atom stereocenters. The van der Waals surface area contributed by atoms with Gasteiger partial charge in [-0.2, -0.15) is 0 Å². The standard InChI is InChI=1S/C24H25N5O3/c1-2-3-14-28-21(30)18(16-25-23-26-19-11-7-8-12-20(19)27-23)22(31)29(24(28)32)15-13-17-9-5-4-6-10-17/h4-12,16,30H,2-3,13-15H2,1H3,(H,26,27)/b25-16+. The lowest BCUT2D eigenvalue weighted by Crippen LogP contribution is -2.42. The van der Waals surface area contributed by atoms with E-state index < -0.39 is 11.2 Å². The van der Waals surface area contributed by atoms with Crippen molar-refractivity contribution >= 4 is 23.2 Å². The number of benzene rings is 2. The molecule has 0 radical (unpaired) electrons. The van der Waals surface area contributed by atoms with Gasteiger partial charge in [-0.05, 0) is 30.5 Å². The second-order valence-electron chi connectivity index (χ2n) is 7.55. The van der Waals surface area contributed by atoms with Crippen molar-refractivity contribution in [3.8, 4) is 5.88 Å². The maximum absolute atomic E-state index is 13.1. The van der Waals surface area contributed by atoms with Gasteiger partial charge in [-0.15, -0.1) is 0 Å². The van der Waals surface area contributed by atoms with E-state index in [1.165, 1.54) is 15.3 Å². The van der Waals surface area contributed by atoms with Crippen molar-refractivity contribution in [3.63, 3.8) is 0 Å². The smallest absolute Gasteiger partial charge is 0.333 e. The topological polar surface area (TPSA) is 105 Å². The van der Waals surface area contributed by atoms with E-state index in [0.717, 1.165) is 23.0 Å². The van der Waals surface area contributed by atoms with Crippen molar-refractivity contribution in [1.82, 2.24) is 19.1 Å². The number of aliphatic imine (C=N–C) groups is 1. The summed E-state index contributed by atoms with van der Waals surface area (Å²) in [6, 6.07) is 17.1. The lowest BCUT2D eigenvalue weighted by molar-refractivity contribution is 0.382. The van der Waals surface area contributed by atoms with E-state index >= 15 is 0 Å². The fraction of sp³-hybridized carbons (Fsp3) is 0.250. The summed E-state index contributed by atoms with van der Waals surface area (Å²) in [5.74, 6) is -0.0589. The van der Waals surface area contributed by atoms with Gasteiger partial charge in [0, 0.05) is 19.3 Å². The Morgan fingerprint density at radius 3 is 2.53 bits per heavy atom. The van der Waals surface area contributed by atoms with Crippen LogP contribution in [0.2, 0.25) is 0 Å². The Bertz CT molecular complexity index is 1330. The first-order chi connectivity index (χ1) is 15.6. The molecule has 0 aliphatic rings. The van der Waals surface area contributed by atoms with Gasteiger partial charge in [0.2, 0.25) is 11.8 Å². The van der Waals surface area contributed by atoms with Crippen LogP contribution in [0.1, 0.15) is 30.9 Å². The molecular formula is C24H25N5O3. The van der Waals surface area contributed by atoms with E-state index in [-0.39, 0.29) is 18.0 Å². The van der Waals surface area contributed by atoms with Gasteiger partial charge < -0.3 is 10.1 Å². The highest BCUT2D eigenvalue weighted by Gasteiger charge is 2.17. The van der Waals surface area contributed by atoms with Crippen LogP contribution >= 0.6 is 0 Å². The van der Waals surface area contributed by atoms with Crippen molar-refractivity contribution in [2.24, 2.45) is 4.99 Å². The molecular weight excluding hydrogens is 406 g/mol. The SMILES string of the molecule is CCCCn1c(O)c(/C=N/c2nc3ccccc3[nH]2)c(=O)n(CCc2ccccc2)c1=O. The fourth-order valence-electron chi connectivity index (χ4n) is 3.55. The number of unbranched alkanes of at least 4 members (excludes halogenated alkanes) is 1. The van der Waals surface area contributed by atoms with Crippen LogP contribution in [0, 0.1) is 0 Å². The molecule has 0 amide bonds. The second kappa shape index (κ2) is 9.47. The zero-order valence-corrected chi connectivity index (χ0v) is 17.9. The van der Waals surface area contributed by atoms with Gasteiger partial charge in [0.25, 0.3) is 5.56 Å². The van der Waals surface area contributed by atoms with Crippen molar-refractivity contribution in [3.05, 3.63) is 86.6 Å². The van der Waals surface area contributed by atoms with Crippen LogP contribution in [-0.2, 0) is 19.5 Å². The maximum Gasteiger partial charge on any atom is 0.333 e. The van der Waals surface area contributed by atoms with Crippen LogP contribution in [0.25, 0.3) is 11.0 Å². The van der Waals surface area contributed by atoms with Crippen LogP contribution in [0.15, 0.2) is 69.2 Å². The van der Waals surface area contributed by atoms with Gasteiger partial charge in [-0.3, -0.25) is 13.9 Å². The molecule has 4 rings (SSSR count). The summed E-state index contributed by atoms with van der Waals surface area (Å²) in [5, 5.41) is 10.7. The number of rotatable bonds is 8. The number of hydrogen-bond donors (Lipinski definition) is 2. The van der Waals surface area contributed by atoms with E-state index in [1.54, 1.807) is 0 Å². The summed E-state index contributed by atoms with van der Waals surface area (Å²) < 4.78 is 2.41. The number of fused-ring (bicyclic) bond motifs is 1. The molecule has 2 heterocycles. The second-order valence-corrected chi connectivity index (χ2v) is 7.55. The van der Waals surface area contributed by atoms with E-state index in [1.807, 2.05) is 61.5 Å². The van der Waals surface area contributed by atoms with Crippen molar-refractivity contribution in [1.29, 1.82) is 0 Å². The molecule has 0 saturated heterocycles. The predicted octanol–water partition coefficient (Wildman–Crippen LogP) is 3.39. The molecule has 2 N–H and O–H groups in total. The van der Waals surface area contributed by atoms with Crippen LogP contribution in [0.4, 0.5) is 5.95 Å². The molecule has 8 heteroatoms. The number of aryl methyl sites for hydroxylation is 1. The minimum atomic E-state index is -0.573. The summed E-state index contributed by atoms with van der Waals surface area (Å²) in [6.45, 7) is 2.52. The number of aromatic hydroxyl groups is 1. The van der Waals surface area contributed by atoms with Gasteiger partial charge in [0.1, 0.15) is 5.56 Å². The maximum atomic E-state index is 13.1. The van der Waals surface area contributed by atoms with Gasteiger partial charge in [0.05, 0.1) is 11.0 Å². The molecule has 0 atom stereocenters. The number of H-pyrrole nitrogens is 1. The molecule has 0 spiro atoms. The highest BCUT2D eigenvalue weighted by molar-refractivity contribution is 5.84. The third-order valence-corrected chi connectivity index (χ3v) is 5.33. The molecule has 8 nitrogen and oxygen atoms in total. The highest BCUT2D eigenvalue weighted by Crippen LogP contribution is 2.16. The minimum Gasteiger partial charge on any atom is -0.494 e. The normalized spacial score (nSPS) is 11.5. The number of aromatic amines is 1. The van der Waals surface area contributed by atoms with Crippen molar-refractivity contribution in [2.45, 2.75) is 39.3 Å². The Morgan fingerprint density at radius 1 is 1.03 bits per heavy atom. The molecule has 0 aliphatic heterocycles. The molecule has 2 aromatic heterocycles. The Hall–Kier alpha value is -3.94. The lowest BCUT2D eigenvalue weighted by atomic mass is 10.1. The summed E-state index contributed by atoms with van der Waals surface area (Å²) in [7, 11) is 0. The van der Waals surface area contributed by atoms with Crippen LogP contribution in [0.5, 0.6) is 5.88 Å². The number of nitrogens with one attached hydrogen (secondary N) is 1. The first-order valence-corrected chi connectivity index (χ1v) is 10.7. The summed E-state index contributed by atoms with van der Waals surface area (Å²) >= 11 is 0. The Kier molecular flexibility index (Phi) is 6.30. The molecule has 164 valence electrons. The fourth-order valence-corrected chi connectivity index (χ4v) is 3.55. The summed E-state index contributed by atoms with van der Waals surface area (Å²) in [5.41, 5.74) is 1.46. The average Bonchev–Trinajstić information content (AvgIpc) is 3.22. The van der Waals surface area contributed by atoms with Gasteiger partial charge in [-0.25, -0.2) is 14.8 Å². The monoisotopic (exact) mass is 431 g/mol. The summed E-state index contributed by atoms with van der Waals surface area (Å²) in [4.78, 5) is 37.8. The third kappa shape index (κ3) is 4.39. The Morgan fingerprint density at radius 2 is 1.78 bits per heavy atom. The van der Waals surface area contributed by atoms with E-state index in [9.17, 15) is 14.7 Å². The minimum absolute atomic E-state index is 0.0331. The van der Waals surface area contributed by atoms with E-state index in [4.69, 9.17) is 0 Å². The Balaban J connectivity index is 1.74. The molecule has 32 heavy (non-hydrogen) atoms. The zero-order valence-electron chi connectivity index (χ0n) is 17.9. The van der Waals surface area contributed by atoms with Crippen LogP contribution in [-0.4, -0.2) is 30.4 Å².